The quantitative estimate of drug-likeness (QED) is 0.930. The number of hydrogen-bond acceptors (Lipinski definition) is 4. The van der Waals surface area contributed by atoms with Crippen molar-refractivity contribution in [2.45, 2.75) is 24.2 Å². The summed E-state index contributed by atoms with van der Waals surface area (Å²) in [6.45, 7) is 2.33. The second-order valence-corrected chi connectivity index (χ2v) is 7.07. The molecule has 3 rings (SSSR count). The molecule has 6 nitrogen and oxygen atoms in total. The van der Waals surface area contributed by atoms with Gasteiger partial charge >= 0.3 is 0 Å². The van der Waals surface area contributed by atoms with Gasteiger partial charge in [0.05, 0.1) is 4.90 Å². The minimum Gasteiger partial charge on any atom is -0.263 e. The first-order chi connectivity index (χ1) is 9.98. The van der Waals surface area contributed by atoms with E-state index in [0.717, 1.165) is 0 Å². The number of H-pyrrole nitrogens is 1. The van der Waals surface area contributed by atoms with Gasteiger partial charge in [0.2, 0.25) is 10.0 Å². The van der Waals surface area contributed by atoms with Crippen molar-refractivity contribution in [1.29, 1.82) is 0 Å². The van der Waals surface area contributed by atoms with Crippen molar-refractivity contribution in [2.75, 3.05) is 13.1 Å². The van der Waals surface area contributed by atoms with Crippen LogP contribution in [-0.2, 0) is 10.0 Å². The molecule has 1 saturated heterocycles. The Labute approximate surface area is 122 Å². The van der Waals surface area contributed by atoms with Crippen molar-refractivity contribution < 1.29 is 12.8 Å². The maximum absolute atomic E-state index is 13.3. The molecule has 1 aromatic carbocycles. The zero-order valence-corrected chi connectivity index (χ0v) is 12.3. The van der Waals surface area contributed by atoms with Gasteiger partial charge in [0.15, 0.2) is 0 Å². The molecule has 1 aliphatic heterocycles. The number of nitrogens with one attached hydrogen (secondary N) is 1. The van der Waals surface area contributed by atoms with E-state index in [1.54, 1.807) is 6.92 Å². The van der Waals surface area contributed by atoms with Crippen LogP contribution in [0.1, 0.15) is 23.7 Å². The first kappa shape index (κ1) is 14.2. The Balaban J connectivity index is 1.84. The van der Waals surface area contributed by atoms with Crippen LogP contribution in [0.5, 0.6) is 0 Å². The number of rotatable bonds is 3. The Bertz CT molecular complexity index is 746. The van der Waals surface area contributed by atoms with Gasteiger partial charge in [-0.3, -0.25) is 5.10 Å². The van der Waals surface area contributed by atoms with E-state index in [2.05, 4.69) is 15.2 Å². The summed E-state index contributed by atoms with van der Waals surface area (Å²) in [4.78, 5) is 4.20. The molecule has 0 bridgehead atoms. The van der Waals surface area contributed by atoms with Crippen LogP contribution in [0, 0.1) is 12.7 Å². The van der Waals surface area contributed by atoms with Crippen LogP contribution in [0.25, 0.3) is 0 Å². The Morgan fingerprint density at radius 2 is 2.24 bits per heavy atom. The van der Waals surface area contributed by atoms with Gasteiger partial charge in [-0.2, -0.15) is 9.40 Å². The van der Waals surface area contributed by atoms with Crippen molar-refractivity contribution in [1.82, 2.24) is 19.5 Å². The first-order valence-electron chi connectivity index (χ1n) is 6.60. The third kappa shape index (κ3) is 2.56. The monoisotopic (exact) mass is 310 g/mol. The predicted octanol–water partition coefficient (Wildman–Crippen LogP) is 1.43. The van der Waals surface area contributed by atoms with Gasteiger partial charge in [0, 0.05) is 19.0 Å². The Morgan fingerprint density at radius 1 is 1.43 bits per heavy atom. The lowest BCUT2D eigenvalue weighted by molar-refractivity contribution is 0.471. The molecule has 21 heavy (non-hydrogen) atoms. The highest BCUT2D eigenvalue weighted by molar-refractivity contribution is 7.89. The summed E-state index contributed by atoms with van der Waals surface area (Å²) in [7, 11) is -3.60. The molecule has 2 aromatic rings. The zero-order valence-electron chi connectivity index (χ0n) is 11.5. The summed E-state index contributed by atoms with van der Waals surface area (Å²) in [6, 6.07) is 3.86. The molecule has 2 heterocycles. The molecule has 0 spiro atoms. The van der Waals surface area contributed by atoms with Crippen LogP contribution in [-0.4, -0.2) is 41.0 Å². The van der Waals surface area contributed by atoms with E-state index in [1.165, 1.54) is 28.8 Å². The fourth-order valence-corrected chi connectivity index (χ4v) is 4.09. The van der Waals surface area contributed by atoms with Crippen LogP contribution < -0.4 is 0 Å². The summed E-state index contributed by atoms with van der Waals surface area (Å²) in [5.41, 5.74) is 0.321. The lowest BCUT2D eigenvalue weighted by Crippen LogP contribution is -2.28. The minimum absolute atomic E-state index is 0.0174. The number of benzene rings is 1. The summed E-state index contributed by atoms with van der Waals surface area (Å²) in [5.74, 6) is 0.307. The van der Waals surface area contributed by atoms with Crippen LogP contribution in [0.2, 0.25) is 0 Å². The summed E-state index contributed by atoms with van der Waals surface area (Å²) >= 11 is 0. The molecule has 0 saturated carbocycles. The topological polar surface area (TPSA) is 79.0 Å². The highest BCUT2D eigenvalue weighted by atomic mass is 32.2. The standard InChI is InChI=1S/C13H15FN4O2S/c1-9-6-11(2-3-12(9)14)21(19,20)18-5-4-10(7-18)13-15-8-16-17-13/h2-3,6,8,10H,4-5,7H2,1H3,(H,15,16,17)/t10-/m1/s1. The van der Waals surface area contributed by atoms with Crippen molar-refractivity contribution in [2.24, 2.45) is 0 Å². The average molecular weight is 310 g/mol. The van der Waals surface area contributed by atoms with E-state index >= 15 is 0 Å². The normalized spacial score (nSPS) is 20.0. The molecule has 1 aromatic heterocycles. The van der Waals surface area contributed by atoms with Crippen LogP contribution in [0.15, 0.2) is 29.4 Å². The molecule has 8 heteroatoms. The molecule has 0 radical (unpaired) electrons. The van der Waals surface area contributed by atoms with Gasteiger partial charge in [0.1, 0.15) is 18.0 Å². The van der Waals surface area contributed by atoms with Gasteiger partial charge in [-0.15, -0.1) is 0 Å². The third-order valence-corrected chi connectivity index (χ3v) is 5.60. The largest absolute Gasteiger partial charge is 0.263 e. The molecule has 1 atom stereocenters. The van der Waals surface area contributed by atoms with E-state index in [4.69, 9.17) is 0 Å². The molecule has 112 valence electrons. The van der Waals surface area contributed by atoms with Crippen molar-refractivity contribution in [3.8, 4) is 0 Å². The maximum atomic E-state index is 13.3. The zero-order chi connectivity index (χ0) is 15.0. The second-order valence-electron chi connectivity index (χ2n) is 5.13. The minimum atomic E-state index is -3.60. The average Bonchev–Trinajstić information content (AvgIpc) is 3.11. The van der Waals surface area contributed by atoms with Crippen molar-refractivity contribution in [3.63, 3.8) is 0 Å². The smallest absolute Gasteiger partial charge is 0.243 e. The SMILES string of the molecule is Cc1cc(S(=O)(=O)N2CC[C@@H](c3ncn[nH]3)C2)ccc1F. The fourth-order valence-electron chi connectivity index (χ4n) is 2.51. The number of aromatic amines is 1. The Morgan fingerprint density at radius 3 is 2.90 bits per heavy atom. The first-order valence-corrected chi connectivity index (χ1v) is 8.04. The molecule has 0 unspecified atom stereocenters. The van der Waals surface area contributed by atoms with Gasteiger partial charge in [-0.1, -0.05) is 0 Å². The van der Waals surface area contributed by atoms with Crippen molar-refractivity contribution >= 4 is 10.0 Å². The highest BCUT2D eigenvalue weighted by Gasteiger charge is 2.34. The maximum Gasteiger partial charge on any atom is 0.243 e. The van der Waals surface area contributed by atoms with Gasteiger partial charge < -0.3 is 0 Å². The fraction of sp³-hybridized carbons (Fsp3) is 0.385. The Hall–Kier alpha value is -1.80. The molecular formula is C13H15FN4O2S. The van der Waals surface area contributed by atoms with Gasteiger partial charge in [-0.25, -0.2) is 17.8 Å². The number of sulfonamides is 1. The molecule has 1 fully saturated rings. The van der Waals surface area contributed by atoms with Gasteiger partial charge in [0.25, 0.3) is 0 Å². The lowest BCUT2D eigenvalue weighted by atomic mass is 10.1. The number of nitrogens with zero attached hydrogens (tertiary/aromatic N) is 3. The number of aryl methyl sites for hydroxylation is 1. The van der Waals surface area contributed by atoms with Gasteiger partial charge in [-0.05, 0) is 37.1 Å². The van der Waals surface area contributed by atoms with E-state index < -0.39 is 15.8 Å². The van der Waals surface area contributed by atoms with Crippen LogP contribution in [0.4, 0.5) is 4.39 Å². The number of aromatic nitrogens is 3. The van der Waals surface area contributed by atoms with Crippen molar-refractivity contribution in [3.05, 3.63) is 41.7 Å². The van der Waals surface area contributed by atoms with E-state index in [1.807, 2.05) is 0 Å². The Kier molecular flexibility index (Phi) is 3.50. The van der Waals surface area contributed by atoms with E-state index in [0.29, 0.717) is 30.9 Å². The number of hydrogen-bond donors (Lipinski definition) is 1. The molecule has 0 aliphatic carbocycles. The van der Waals surface area contributed by atoms with E-state index in [9.17, 15) is 12.8 Å². The molecular weight excluding hydrogens is 295 g/mol. The molecule has 1 N–H and O–H groups in total. The summed E-state index contributed by atoms with van der Waals surface area (Å²) in [5, 5.41) is 6.56. The summed E-state index contributed by atoms with van der Waals surface area (Å²) in [6.07, 6.45) is 2.10. The van der Waals surface area contributed by atoms with Crippen LogP contribution >= 0.6 is 0 Å². The lowest BCUT2D eigenvalue weighted by Gasteiger charge is -2.16. The predicted molar refractivity (Wildman–Crippen MR) is 73.6 cm³/mol. The second kappa shape index (κ2) is 5.19. The molecule has 1 aliphatic rings. The third-order valence-electron chi connectivity index (χ3n) is 3.74. The van der Waals surface area contributed by atoms with E-state index in [-0.39, 0.29) is 10.8 Å². The highest BCUT2D eigenvalue weighted by Crippen LogP contribution is 2.29. The summed E-state index contributed by atoms with van der Waals surface area (Å²) < 4.78 is 39.8. The molecule has 0 amide bonds. The number of halogens is 1. The van der Waals surface area contributed by atoms with Crippen LogP contribution in [0.3, 0.4) is 0 Å².